The van der Waals surface area contributed by atoms with Gasteiger partial charge in [-0.05, 0) is 36.5 Å². The molecule has 2 aromatic rings. The number of hydrogen-bond donors (Lipinski definition) is 0. The SMILES string of the molecule is CN1C(=O)[C@](CCC(=O)N2CCCOCC2)(Cc2ccccc2)c2ccccc21. The van der Waals surface area contributed by atoms with Crippen LogP contribution in [-0.2, 0) is 26.2 Å². The van der Waals surface area contributed by atoms with E-state index in [1.54, 1.807) is 4.90 Å². The van der Waals surface area contributed by atoms with Crippen LogP contribution in [0.3, 0.4) is 0 Å². The molecule has 0 unspecified atom stereocenters. The van der Waals surface area contributed by atoms with Crippen molar-refractivity contribution in [2.24, 2.45) is 0 Å². The summed E-state index contributed by atoms with van der Waals surface area (Å²) < 4.78 is 5.47. The number of rotatable bonds is 5. The Morgan fingerprint density at radius 3 is 2.62 bits per heavy atom. The maximum atomic E-state index is 13.5. The van der Waals surface area contributed by atoms with E-state index in [-0.39, 0.29) is 11.8 Å². The Morgan fingerprint density at radius 1 is 1.03 bits per heavy atom. The Hall–Kier alpha value is -2.66. The highest BCUT2D eigenvalue weighted by Crippen LogP contribution is 2.46. The summed E-state index contributed by atoms with van der Waals surface area (Å²) in [6, 6.07) is 18.1. The molecule has 0 N–H and O–H groups in total. The molecule has 0 saturated carbocycles. The molecule has 2 aromatic carbocycles. The molecule has 5 heteroatoms. The molecule has 2 aliphatic rings. The molecule has 0 radical (unpaired) electrons. The van der Waals surface area contributed by atoms with Crippen molar-refractivity contribution in [3.63, 3.8) is 0 Å². The number of amides is 2. The van der Waals surface area contributed by atoms with Gasteiger partial charge in [-0.15, -0.1) is 0 Å². The zero-order valence-corrected chi connectivity index (χ0v) is 17.0. The molecule has 1 fully saturated rings. The van der Waals surface area contributed by atoms with Crippen LogP contribution in [0.1, 0.15) is 30.4 Å². The van der Waals surface area contributed by atoms with Gasteiger partial charge >= 0.3 is 0 Å². The predicted octanol–water partition coefficient (Wildman–Crippen LogP) is 3.17. The van der Waals surface area contributed by atoms with Crippen LogP contribution in [0.4, 0.5) is 5.69 Å². The van der Waals surface area contributed by atoms with E-state index in [2.05, 4.69) is 12.1 Å². The molecule has 152 valence electrons. The highest BCUT2D eigenvalue weighted by atomic mass is 16.5. The molecule has 4 rings (SSSR count). The zero-order valence-electron chi connectivity index (χ0n) is 17.0. The monoisotopic (exact) mass is 392 g/mol. The lowest BCUT2D eigenvalue weighted by molar-refractivity contribution is -0.132. The molecule has 2 aliphatic heterocycles. The smallest absolute Gasteiger partial charge is 0.237 e. The van der Waals surface area contributed by atoms with Crippen LogP contribution in [0.25, 0.3) is 0 Å². The van der Waals surface area contributed by atoms with E-state index in [1.807, 2.05) is 54.4 Å². The van der Waals surface area contributed by atoms with E-state index in [0.717, 1.165) is 29.8 Å². The average molecular weight is 392 g/mol. The first kappa shape index (κ1) is 19.6. The molecule has 29 heavy (non-hydrogen) atoms. The number of carbonyl (C=O) groups is 2. The third-order valence-corrected chi connectivity index (χ3v) is 6.18. The van der Waals surface area contributed by atoms with Gasteiger partial charge in [0, 0.05) is 38.9 Å². The Labute approximate surface area is 172 Å². The average Bonchev–Trinajstić information content (AvgIpc) is 2.96. The second-order valence-electron chi connectivity index (χ2n) is 7.97. The summed E-state index contributed by atoms with van der Waals surface area (Å²) in [7, 11) is 1.84. The minimum Gasteiger partial charge on any atom is -0.380 e. The summed E-state index contributed by atoms with van der Waals surface area (Å²) in [5.74, 6) is 0.192. The lowest BCUT2D eigenvalue weighted by Gasteiger charge is -2.30. The first-order valence-corrected chi connectivity index (χ1v) is 10.4. The van der Waals surface area contributed by atoms with Crippen LogP contribution >= 0.6 is 0 Å². The predicted molar refractivity (Wildman–Crippen MR) is 113 cm³/mol. The minimum atomic E-state index is -0.704. The van der Waals surface area contributed by atoms with Gasteiger partial charge in [0.15, 0.2) is 0 Å². The highest BCUT2D eigenvalue weighted by Gasteiger charge is 2.49. The lowest BCUT2D eigenvalue weighted by atomic mass is 9.73. The van der Waals surface area contributed by atoms with Crippen molar-refractivity contribution in [2.75, 3.05) is 38.3 Å². The number of benzene rings is 2. The summed E-state index contributed by atoms with van der Waals surface area (Å²) in [6.45, 7) is 2.66. The van der Waals surface area contributed by atoms with Crippen molar-refractivity contribution in [1.29, 1.82) is 0 Å². The van der Waals surface area contributed by atoms with Crippen molar-refractivity contribution < 1.29 is 14.3 Å². The first-order chi connectivity index (χ1) is 14.1. The standard InChI is InChI=1S/C24H28N2O3/c1-25-21-11-6-5-10-20(21)24(23(25)28,18-19-8-3-2-4-9-19)13-12-22(27)26-14-7-16-29-17-15-26/h2-6,8-11H,7,12-18H2,1H3/t24-/m1/s1. The van der Waals surface area contributed by atoms with Crippen LogP contribution in [0, 0.1) is 0 Å². The van der Waals surface area contributed by atoms with E-state index in [0.29, 0.717) is 39.0 Å². The summed E-state index contributed by atoms with van der Waals surface area (Å²) >= 11 is 0. The van der Waals surface area contributed by atoms with E-state index >= 15 is 0 Å². The van der Waals surface area contributed by atoms with Crippen molar-refractivity contribution in [3.05, 3.63) is 65.7 Å². The van der Waals surface area contributed by atoms with Crippen LogP contribution in [0.5, 0.6) is 0 Å². The first-order valence-electron chi connectivity index (χ1n) is 10.4. The van der Waals surface area contributed by atoms with Crippen LogP contribution in [0.15, 0.2) is 54.6 Å². The van der Waals surface area contributed by atoms with Crippen LogP contribution < -0.4 is 4.90 Å². The largest absolute Gasteiger partial charge is 0.380 e. The normalized spacial score (nSPS) is 21.8. The number of likely N-dealkylation sites (N-methyl/N-ethyl adjacent to an activating group) is 1. The molecule has 0 spiro atoms. The quantitative estimate of drug-likeness (QED) is 0.785. The Morgan fingerprint density at radius 2 is 1.79 bits per heavy atom. The fourth-order valence-corrected chi connectivity index (χ4v) is 4.64. The molecular formula is C24H28N2O3. The molecule has 0 aliphatic carbocycles. The molecule has 1 saturated heterocycles. The molecule has 2 amide bonds. The van der Waals surface area contributed by atoms with Gasteiger partial charge in [-0.3, -0.25) is 9.59 Å². The topological polar surface area (TPSA) is 49.9 Å². The number of ether oxygens (including phenoxy) is 1. The lowest BCUT2D eigenvalue weighted by Crippen LogP contribution is -2.42. The van der Waals surface area contributed by atoms with Gasteiger partial charge in [-0.25, -0.2) is 0 Å². The fourth-order valence-electron chi connectivity index (χ4n) is 4.64. The molecule has 1 atom stereocenters. The molecular weight excluding hydrogens is 364 g/mol. The van der Waals surface area contributed by atoms with Crippen LogP contribution in [0.2, 0.25) is 0 Å². The van der Waals surface area contributed by atoms with Crippen molar-refractivity contribution in [2.45, 2.75) is 31.1 Å². The van der Waals surface area contributed by atoms with Crippen molar-refractivity contribution in [3.8, 4) is 0 Å². The van der Waals surface area contributed by atoms with Gasteiger partial charge in [0.25, 0.3) is 0 Å². The second-order valence-corrected chi connectivity index (χ2v) is 7.97. The number of anilines is 1. The third-order valence-electron chi connectivity index (χ3n) is 6.18. The second kappa shape index (κ2) is 8.37. The molecule has 2 heterocycles. The Kier molecular flexibility index (Phi) is 5.67. The highest BCUT2D eigenvalue weighted by molar-refractivity contribution is 6.08. The zero-order chi connectivity index (χ0) is 20.3. The summed E-state index contributed by atoms with van der Waals surface area (Å²) in [6.07, 6.45) is 2.34. The maximum absolute atomic E-state index is 13.5. The number of carbonyl (C=O) groups excluding carboxylic acids is 2. The van der Waals surface area contributed by atoms with Crippen molar-refractivity contribution >= 4 is 17.5 Å². The molecule has 0 bridgehead atoms. The number of nitrogens with zero attached hydrogens (tertiary/aromatic N) is 2. The third kappa shape index (κ3) is 3.79. The van der Waals surface area contributed by atoms with E-state index in [9.17, 15) is 9.59 Å². The number of hydrogen-bond acceptors (Lipinski definition) is 3. The molecule has 0 aromatic heterocycles. The minimum absolute atomic E-state index is 0.0783. The van der Waals surface area contributed by atoms with Gasteiger partial charge in [-0.1, -0.05) is 48.5 Å². The van der Waals surface area contributed by atoms with E-state index < -0.39 is 5.41 Å². The van der Waals surface area contributed by atoms with Crippen LogP contribution in [-0.4, -0.2) is 50.1 Å². The number of para-hydroxylation sites is 1. The molecule has 5 nitrogen and oxygen atoms in total. The summed E-state index contributed by atoms with van der Waals surface area (Å²) in [5, 5.41) is 0. The van der Waals surface area contributed by atoms with Gasteiger partial charge in [0.05, 0.1) is 12.0 Å². The summed E-state index contributed by atoms with van der Waals surface area (Å²) in [5.41, 5.74) is 2.39. The maximum Gasteiger partial charge on any atom is 0.237 e. The Bertz CT molecular complexity index is 875. The van der Waals surface area contributed by atoms with Gasteiger partial charge in [0.2, 0.25) is 11.8 Å². The van der Waals surface area contributed by atoms with Gasteiger partial charge < -0.3 is 14.5 Å². The number of fused-ring (bicyclic) bond motifs is 1. The van der Waals surface area contributed by atoms with Gasteiger partial charge in [0.1, 0.15) is 0 Å². The van der Waals surface area contributed by atoms with Crippen molar-refractivity contribution in [1.82, 2.24) is 4.90 Å². The Balaban J connectivity index is 1.63. The summed E-state index contributed by atoms with van der Waals surface area (Å²) in [4.78, 5) is 30.1. The fraction of sp³-hybridized carbons (Fsp3) is 0.417. The van der Waals surface area contributed by atoms with E-state index in [4.69, 9.17) is 4.74 Å². The van der Waals surface area contributed by atoms with Gasteiger partial charge in [-0.2, -0.15) is 0 Å². The van der Waals surface area contributed by atoms with E-state index in [1.165, 1.54) is 0 Å².